The molecule has 0 fully saturated rings. The first-order valence-electron chi connectivity index (χ1n) is 6.57. The van der Waals surface area contributed by atoms with Gasteiger partial charge >= 0.3 is 0 Å². The Hall–Kier alpha value is -2.17. The molecule has 3 rings (SSSR count). The van der Waals surface area contributed by atoms with Gasteiger partial charge in [-0.3, -0.25) is 9.78 Å². The predicted octanol–water partition coefficient (Wildman–Crippen LogP) is 1.24. The summed E-state index contributed by atoms with van der Waals surface area (Å²) in [7, 11) is 0. The summed E-state index contributed by atoms with van der Waals surface area (Å²) in [6, 6.07) is 5.59. The number of pyridine rings is 1. The predicted molar refractivity (Wildman–Crippen MR) is 73.2 cm³/mol. The lowest BCUT2D eigenvalue weighted by atomic mass is 10.1. The SMILES string of the molecule is O=c1cc2c(nn1CCc1ccncc1)CCCN2. The summed E-state index contributed by atoms with van der Waals surface area (Å²) in [5.41, 5.74) is 3.03. The zero-order chi connectivity index (χ0) is 13.1. The summed E-state index contributed by atoms with van der Waals surface area (Å²) in [4.78, 5) is 15.9. The van der Waals surface area contributed by atoms with Crippen molar-refractivity contribution in [2.24, 2.45) is 0 Å². The maximum atomic E-state index is 12.0. The van der Waals surface area contributed by atoms with E-state index in [0.29, 0.717) is 6.54 Å². The van der Waals surface area contributed by atoms with E-state index in [-0.39, 0.29) is 5.56 Å². The van der Waals surface area contributed by atoms with Gasteiger partial charge in [0.25, 0.3) is 5.56 Å². The van der Waals surface area contributed by atoms with Crippen LogP contribution in [0.15, 0.2) is 35.4 Å². The summed E-state index contributed by atoms with van der Waals surface area (Å²) >= 11 is 0. The van der Waals surface area contributed by atoms with E-state index in [2.05, 4.69) is 15.4 Å². The summed E-state index contributed by atoms with van der Waals surface area (Å²) in [6.07, 6.45) is 6.34. The van der Waals surface area contributed by atoms with E-state index in [1.54, 1.807) is 23.1 Å². The normalized spacial score (nSPS) is 13.7. The molecule has 0 radical (unpaired) electrons. The second kappa shape index (κ2) is 5.22. The molecule has 0 atom stereocenters. The second-order valence-electron chi connectivity index (χ2n) is 4.70. The van der Waals surface area contributed by atoms with Crippen LogP contribution < -0.4 is 10.9 Å². The van der Waals surface area contributed by atoms with Gasteiger partial charge in [0.15, 0.2) is 0 Å². The van der Waals surface area contributed by atoms with Crippen LogP contribution >= 0.6 is 0 Å². The Morgan fingerprint density at radius 2 is 2.16 bits per heavy atom. The number of aromatic nitrogens is 3. The highest BCUT2D eigenvalue weighted by Crippen LogP contribution is 2.16. The molecule has 0 saturated carbocycles. The van der Waals surface area contributed by atoms with Gasteiger partial charge in [0.05, 0.1) is 11.4 Å². The van der Waals surface area contributed by atoms with Gasteiger partial charge < -0.3 is 5.32 Å². The van der Waals surface area contributed by atoms with Crippen LogP contribution in [0.4, 0.5) is 5.69 Å². The molecule has 5 nitrogen and oxygen atoms in total. The molecule has 2 aromatic heterocycles. The molecule has 1 aliphatic rings. The summed E-state index contributed by atoms with van der Waals surface area (Å²) in [5.74, 6) is 0. The molecule has 98 valence electrons. The quantitative estimate of drug-likeness (QED) is 0.897. The van der Waals surface area contributed by atoms with Crippen molar-refractivity contribution in [2.45, 2.75) is 25.8 Å². The molecule has 0 saturated heterocycles. The minimum atomic E-state index is -0.0396. The molecule has 0 spiro atoms. The van der Waals surface area contributed by atoms with Gasteiger partial charge in [-0.25, -0.2) is 4.68 Å². The molecular formula is C14H16N4O. The zero-order valence-electron chi connectivity index (χ0n) is 10.7. The standard InChI is InChI=1S/C14H16N4O/c19-14-10-13-12(2-1-6-16-13)17-18(14)9-5-11-3-7-15-8-4-11/h3-4,7-8,10,16H,1-2,5-6,9H2. The third-order valence-electron chi connectivity index (χ3n) is 3.34. The van der Waals surface area contributed by atoms with Crippen molar-refractivity contribution in [3.63, 3.8) is 0 Å². The van der Waals surface area contributed by atoms with E-state index in [0.717, 1.165) is 37.2 Å². The number of rotatable bonds is 3. The van der Waals surface area contributed by atoms with Crippen molar-refractivity contribution in [1.82, 2.24) is 14.8 Å². The lowest BCUT2D eigenvalue weighted by Crippen LogP contribution is -2.27. The summed E-state index contributed by atoms with van der Waals surface area (Å²) in [5, 5.41) is 7.67. The number of anilines is 1. The van der Waals surface area contributed by atoms with E-state index in [1.807, 2.05) is 12.1 Å². The highest BCUT2D eigenvalue weighted by Gasteiger charge is 2.12. The first-order chi connectivity index (χ1) is 9.33. The Kier molecular flexibility index (Phi) is 3.27. The van der Waals surface area contributed by atoms with Crippen molar-refractivity contribution < 1.29 is 0 Å². The van der Waals surface area contributed by atoms with Gasteiger partial charge in [-0.2, -0.15) is 5.10 Å². The van der Waals surface area contributed by atoms with Crippen LogP contribution in [-0.2, 0) is 19.4 Å². The minimum Gasteiger partial charge on any atom is -0.383 e. The Balaban J connectivity index is 1.79. The molecule has 0 amide bonds. The Morgan fingerprint density at radius 1 is 1.32 bits per heavy atom. The zero-order valence-corrected chi connectivity index (χ0v) is 10.7. The first-order valence-corrected chi connectivity index (χ1v) is 6.57. The molecular weight excluding hydrogens is 240 g/mol. The largest absolute Gasteiger partial charge is 0.383 e. The topological polar surface area (TPSA) is 59.8 Å². The summed E-state index contributed by atoms with van der Waals surface area (Å²) < 4.78 is 1.56. The number of fused-ring (bicyclic) bond motifs is 1. The molecule has 19 heavy (non-hydrogen) atoms. The van der Waals surface area contributed by atoms with Crippen LogP contribution in [0.1, 0.15) is 17.7 Å². The van der Waals surface area contributed by atoms with E-state index >= 15 is 0 Å². The lowest BCUT2D eigenvalue weighted by Gasteiger charge is -2.17. The van der Waals surface area contributed by atoms with Crippen LogP contribution in [0.25, 0.3) is 0 Å². The maximum Gasteiger partial charge on any atom is 0.268 e. The monoisotopic (exact) mass is 256 g/mol. The molecule has 0 aromatic carbocycles. The van der Waals surface area contributed by atoms with Crippen molar-refractivity contribution in [2.75, 3.05) is 11.9 Å². The first kappa shape index (κ1) is 11.9. The number of hydrogen-bond acceptors (Lipinski definition) is 4. The third kappa shape index (κ3) is 2.65. The molecule has 1 N–H and O–H groups in total. The summed E-state index contributed by atoms with van der Waals surface area (Å²) in [6.45, 7) is 1.53. The van der Waals surface area contributed by atoms with Crippen molar-refractivity contribution in [1.29, 1.82) is 0 Å². The minimum absolute atomic E-state index is 0.0396. The molecule has 0 bridgehead atoms. The fourth-order valence-electron chi connectivity index (χ4n) is 2.29. The maximum absolute atomic E-state index is 12.0. The third-order valence-corrected chi connectivity index (χ3v) is 3.34. The van der Waals surface area contributed by atoms with Gasteiger partial charge in [-0.05, 0) is 37.0 Å². The lowest BCUT2D eigenvalue weighted by molar-refractivity contribution is 0.558. The van der Waals surface area contributed by atoms with Gasteiger partial charge in [-0.15, -0.1) is 0 Å². The van der Waals surface area contributed by atoms with Crippen molar-refractivity contribution >= 4 is 5.69 Å². The number of nitrogens with zero attached hydrogens (tertiary/aromatic N) is 3. The molecule has 1 aliphatic heterocycles. The highest BCUT2D eigenvalue weighted by atomic mass is 16.1. The van der Waals surface area contributed by atoms with Crippen LogP contribution in [0.3, 0.4) is 0 Å². The smallest absolute Gasteiger partial charge is 0.268 e. The highest BCUT2D eigenvalue weighted by molar-refractivity contribution is 5.48. The van der Waals surface area contributed by atoms with E-state index in [9.17, 15) is 4.79 Å². The van der Waals surface area contributed by atoms with Crippen LogP contribution in [0.2, 0.25) is 0 Å². The Bertz CT molecular complexity index is 621. The molecule has 5 heteroatoms. The number of nitrogens with one attached hydrogen (secondary N) is 1. The molecule has 0 aliphatic carbocycles. The average molecular weight is 256 g/mol. The fourth-order valence-corrected chi connectivity index (χ4v) is 2.29. The molecule has 0 unspecified atom stereocenters. The van der Waals surface area contributed by atoms with Gasteiger partial charge in [0.1, 0.15) is 0 Å². The number of hydrogen-bond donors (Lipinski definition) is 1. The van der Waals surface area contributed by atoms with Crippen molar-refractivity contribution in [3.05, 3.63) is 52.2 Å². The van der Waals surface area contributed by atoms with Gasteiger partial charge in [0.2, 0.25) is 0 Å². The molecule has 3 heterocycles. The van der Waals surface area contributed by atoms with Crippen LogP contribution in [0.5, 0.6) is 0 Å². The Labute approximate surface area is 111 Å². The average Bonchev–Trinajstić information content (AvgIpc) is 2.46. The van der Waals surface area contributed by atoms with E-state index < -0.39 is 0 Å². The second-order valence-corrected chi connectivity index (χ2v) is 4.70. The number of aryl methyl sites for hydroxylation is 3. The van der Waals surface area contributed by atoms with E-state index in [4.69, 9.17) is 0 Å². The fraction of sp³-hybridized carbons (Fsp3) is 0.357. The molecule has 2 aromatic rings. The van der Waals surface area contributed by atoms with Crippen molar-refractivity contribution in [3.8, 4) is 0 Å². The van der Waals surface area contributed by atoms with Gasteiger partial charge in [-0.1, -0.05) is 0 Å². The Morgan fingerprint density at radius 3 is 3.00 bits per heavy atom. The van der Waals surface area contributed by atoms with Crippen LogP contribution in [0, 0.1) is 0 Å². The van der Waals surface area contributed by atoms with E-state index in [1.165, 1.54) is 5.56 Å². The van der Waals surface area contributed by atoms with Crippen LogP contribution in [-0.4, -0.2) is 21.3 Å². The van der Waals surface area contributed by atoms with Gasteiger partial charge in [0, 0.05) is 31.5 Å².